The summed E-state index contributed by atoms with van der Waals surface area (Å²) < 4.78 is 11.8. The minimum Gasteiger partial charge on any atom is -0.492 e. The first-order valence-electron chi connectivity index (χ1n) is 5.71. The fourth-order valence-corrected chi connectivity index (χ4v) is 2.63. The average Bonchev–Trinajstić information content (AvgIpc) is 2.95. The Hall–Kier alpha value is -1.55. The zero-order chi connectivity index (χ0) is 12.7. The maximum atomic E-state index is 12.4. The number of ether oxygens (including phenoxy) is 1. The van der Waals surface area contributed by atoms with E-state index < -0.39 is 0 Å². The van der Waals surface area contributed by atoms with Gasteiger partial charge in [0, 0.05) is 10.9 Å². The number of carbonyl (C=O) groups is 1. The van der Waals surface area contributed by atoms with E-state index in [2.05, 4.69) is 15.9 Å². The molecule has 0 fully saturated rings. The molecular weight excluding hydrogens is 296 g/mol. The summed E-state index contributed by atoms with van der Waals surface area (Å²) in [6, 6.07) is 7.25. The predicted molar refractivity (Wildman–Crippen MR) is 70.2 cm³/mol. The zero-order valence-corrected chi connectivity index (χ0v) is 11.4. The second-order valence-corrected chi connectivity index (χ2v) is 5.20. The van der Waals surface area contributed by atoms with E-state index in [1.165, 1.54) is 0 Å². The van der Waals surface area contributed by atoms with Crippen LogP contribution in [0.5, 0.6) is 5.75 Å². The van der Waals surface area contributed by atoms with Crippen LogP contribution in [0.2, 0.25) is 0 Å². The highest BCUT2D eigenvalue weighted by Crippen LogP contribution is 2.34. The Morgan fingerprint density at radius 2 is 2.17 bits per heavy atom. The molecular formula is C14H11BrO3. The average molecular weight is 307 g/mol. The molecule has 1 aromatic carbocycles. The van der Waals surface area contributed by atoms with E-state index in [-0.39, 0.29) is 5.78 Å². The molecule has 0 amide bonds. The van der Waals surface area contributed by atoms with Crippen LogP contribution in [0, 0.1) is 6.92 Å². The van der Waals surface area contributed by atoms with Gasteiger partial charge in [0.1, 0.15) is 11.5 Å². The highest BCUT2D eigenvalue weighted by Gasteiger charge is 2.24. The van der Waals surface area contributed by atoms with Gasteiger partial charge in [-0.05, 0) is 36.8 Å². The highest BCUT2D eigenvalue weighted by atomic mass is 79.9. The van der Waals surface area contributed by atoms with E-state index in [1.807, 2.05) is 13.0 Å². The van der Waals surface area contributed by atoms with Crippen molar-refractivity contribution in [3.05, 3.63) is 51.4 Å². The Labute approximate surface area is 113 Å². The Balaban J connectivity index is 2.10. The lowest BCUT2D eigenvalue weighted by molar-refractivity contribution is 0.100. The number of hydrogen-bond acceptors (Lipinski definition) is 3. The number of carbonyl (C=O) groups excluding carboxylic acids is 1. The number of rotatable bonds is 2. The van der Waals surface area contributed by atoms with Crippen LogP contribution in [-0.4, -0.2) is 12.4 Å². The molecule has 1 aliphatic heterocycles. The van der Waals surface area contributed by atoms with Gasteiger partial charge in [0.2, 0.25) is 5.78 Å². The van der Waals surface area contributed by atoms with Crippen molar-refractivity contribution in [2.75, 3.05) is 6.61 Å². The van der Waals surface area contributed by atoms with Crippen molar-refractivity contribution in [3.63, 3.8) is 0 Å². The molecule has 92 valence electrons. The molecule has 0 saturated heterocycles. The van der Waals surface area contributed by atoms with Crippen LogP contribution in [-0.2, 0) is 6.42 Å². The van der Waals surface area contributed by atoms with Crippen LogP contribution in [0.25, 0.3) is 0 Å². The van der Waals surface area contributed by atoms with Gasteiger partial charge in [0.25, 0.3) is 0 Å². The van der Waals surface area contributed by atoms with Crippen LogP contribution in [0.15, 0.2) is 33.2 Å². The van der Waals surface area contributed by atoms with Gasteiger partial charge in [-0.3, -0.25) is 4.79 Å². The number of fused-ring (bicyclic) bond motifs is 1. The standard InChI is InChI=1S/C14H11BrO3/c1-8-2-3-12(18-8)13(16)11-7-10(15)6-9-4-5-17-14(9)11/h2-3,6-7H,4-5H2,1H3. The lowest BCUT2D eigenvalue weighted by Gasteiger charge is -2.06. The molecule has 4 heteroatoms. The van der Waals surface area contributed by atoms with Gasteiger partial charge in [0.15, 0.2) is 5.76 Å². The molecule has 1 aliphatic rings. The van der Waals surface area contributed by atoms with Gasteiger partial charge in [-0.15, -0.1) is 0 Å². The molecule has 0 unspecified atom stereocenters. The molecule has 0 radical (unpaired) electrons. The number of benzene rings is 1. The Bertz CT molecular complexity index is 628. The van der Waals surface area contributed by atoms with Crippen molar-refractivity contribution < 1.29 is 13.9 Å². The quantitative estimate of drug-likeness (QED) is 0.797. The second kappa shape index (κ2) is 4.28. The first kappa shape index (κ1) is 11.5. The molecule has 0 saturated carbocycles. The Morgan fingerprint density at radius 3 is 2.89 bits per heavy atom. The van der Waals surface area contributed by atoms with Crippen molar-refractivity contribution in [1.29, 1.82) is 0 Å². The molecule has 3 nitrogen and oxygen atoms in total. The summed E-state index contributed by atoms with van der Waals surface area (Å²) in [6.45, 7) is 2.45. The summed E-state index contributed by atoms with van der Waals surface area (Å²) in [6.07, 6.45) is 0.840. The fraction of sp³-hybridized carbons (Fsp3) is 0.214. The lowest BCUT2D eigenvalue weighted by Crippen LogP contribution is -2.02. The van der Waals surface area contributed by atoms with E-state index >= 15 is 0 Å². The van der Waals surface area contributed by atoms with Gasteiger partial charge in [-0.2, -0.15) is 0 Å². The van der Waals surface area contributed by atoms with Crippen molar-refractivity contribution in [2.45, 2.75) is 13.3 Å². The molecule has 2 aromatic rings. The third-order valence-corrected chi connectivity index (χ3v) is 3.42. The molecule has 0 aliphatic carbocycles. The first-order valence-corrected chi connectivity index (χ1v) is 6.51. The number of ketones is 1. The molecule has 0 N–H and O–H groups in total. The van der Waals surface area contributed by atoms with Crippen LogP contribution in [0.3, 0.4) is 0 Å². The van der Waals surface area contributed by atoms with Crippen LogP contribution in [0.1, 0.15) is 27.4 Å². The van der Waals surface area contributed by atoms with E-state index in [4.69, 9.17) is 9.15 Å². The molecule has 0 bridgehead atoms. The smallest absolute Gasteiger partial charge is 0.231 e. The first-order chi connectivity index (χ1) is 8.65. The maximum Gasteiger partial charge on any atom is 0.231 e. The molecule has 0 atom stereocenters. The monoisotopic (exact) mass is 306 g/mol. The van der Waals surface area contributed by atoms with Crippen LogP contribution < -0.4 is 4.74 Å². The number of halogens is 1. The predicted octanol–water partition coefficient (Wildman–Crippen LogP) is 3.52. The molecule has 1 aromatic heterocycles. The number of furan rings is 1. The summed E-state index contributed by atoms with van der Waals surface area (Å²) in [4.78, 5) is 12.4. The van der Waals surface area contributed by atoms with Gasteiger partial charge in [-0.25, -0.2) is 0 Å². The lowest BCUT2D eigenvalue weighted by atomic mass is 10.0. The van der Waals surface area contributed by atoms with E-state index in [0.29, 0.717) is 23.7 Å². The largest absolute Gasteiger partial charge is 0.492 e. The maximum absolute atomic E-state index is 12.4. The number of hydrogen-bond donors (Lipinski definition) is 0. The minimum absolute atomic E-state index is 0.137. The minimum atomic E-state index is -0.137. The normalized spacial score (nSPS) is 13.2. The van der Waals surface area contributed by atoms with Gasteiger partial charge in [0.05, 0.1) is 12.2 Å². The molecule has 18 heavy (non-hydrogen) atoms. The van der Waals surface area contributed by atoms with Crippen molar-refractivity contribution >= 4 is 21.7 Å². The summed E-state index contributed by atoms with van der Waals surface area (Å²) in [5.41, 5.74) is 1.63. The van der Waals surface area contributed by atoms with Crippen LogP contribution in [0.4, 0.5) is 0 Å². The number of aryl methyl sites for hydroxylation is 1. The third-order valence-electron chi connectivity index (χ3n) is 2.96. The van der Waals surface area contributed by atoms with Gasteiger partial charge >= 0.3 is 0 Å². The molecule has 3 rings (SSSR count). The zero-order valence-electron chi connectivity index (χ0n) is 9.83. The summed E-state index contributed by atoms with van der Waals surface area (Å²) >= 11 is 3.42. The fourth-order valence-electron chi connectivity index (χ4n) is 2.13. The highest BCUT2D eigenvalue weighted by molar-refractivity contribution is 9.10. The van der Waals surface area contributed by atoms with Gasteiger partial charge in [-0.1, -0.05) is 15.9 Å². The van der Waals surface area contributed by atoms with Crippen molar-refractivity contribution in [2.24, 2.45) is 0 Å². The van der Waals surface area contributed by atoms with Crippen molar-refractivity contribution in [1.82, 2.24) is 0 Å². The summed E-state index contributed by atoms with van der Waals surface area (Å²) in [5, 5.41) is 0. The third kappa shape index (κ3) is 1.86. The molecule has 0 spiro atoms. The SMILES string of the molecule is Cc1ccc(C(=O)c2cc(Br)cc3c2OCC3)o1. The van der Waals surface area contributed by atoms with Crippen LogP contribution >= 0.6 is 15.9 Å². The second-order valence-electron chi connectivity index (χ2n) is 4.28. The topological polar surface area (TPSA) is 39.4 Å². The Morgan fingerprint density at radius 1 is 1.33 bits per heavy atom. The Kier molecular flexibility index (Phi) is 2.74. The summed E-state index contributed by atoms with van der Waals surface area (Å²) in [7, 11) is 0. The van der Waals surface area contributed by atoms with Crippen molar-refractivity contribution in [3.8, 4) is 5.75 Å². The van der Waals surface area contributed by atoms with E-state index in [1.54, 1.807) is 18.2 Å². The summed E-state index contributed by atoms with van der Waals surface area (Å²) in [5.74, 6) is 1.63. The van der Waals surface area contributed by atoms with Gasteiger partial charge < -0.3 is 9.15 Å². The van der Waals surface area contributed by atoms with E-state index in [9.17, 15) is 4.79 Å². The van der Waals surface area contributed by atoms with E-state index in [0.717, 1.165) is 22.2 Å². The molecule has 2 heterocycles.